The van der Waals surface area contributed by atoms with Crippen molar-refractivity contribution in [1.82, 2.24) is 4.98 Å². The average Bonchev–Trinajstić information content (AvgIpc) is 2.65. The number of alkyl halides is 4. The number of nitrogens with zero attached hydrogens (tertiary/aromatic N) is 2. The number of nitrogens with two attached hydrogens (primary N) is 1. The number of hydrogen-bond donors (Lipinski definition) is 2. The van der Waals surface area contributed by atoms with Crippen molar-refractivity contribution in [2.45, 2.75) is 24.9 Å². The van der Waals surface area contributed by atoms with Crippen LogP contribution in [-0.4, -0.2) is 35.2 Å². The van der Waals surface area contributed by atoms with Crippen LogP contribution in [0.1, 0.15) is 28.5 Å². The monoisotopic (exact) mass is 448 g/mol. The summed E-state index contributed by atoms with van der Waals surface area (Å²) in [5, 5.41) is 1.17. The highest BCUT2D eigenvalue weighted by Crippen LogP contribution is 2.35. The third-order valence-corrected chi connectivity index (χ3v) is 4.67. The van der Waals surface area contributed by atoms with E-state index in [2.05, 4.69) is 15.3 Å². The summed E-state index contributed by atoms with van der Waals surface area (Å²) in [4.78, 5) is 19.6. The highest BCUT2D eigenvalue weighted by Gasteiger charge is 2.38. The van der Waals surface area contributed by atoms with Gasteiger partial charge in [-0.2, -0.15) is 13.2 Å². The van der Waals surface area contributed by atoms with Crippen LogP contribution in [-0.2, 0) is 10.9 Å². The van der Waals surface area contributed by atoms with Gasteiger partial charge in [-0.25, -0.2) is 18.8 Å². The second-order valence-corrected chi connectivity index (χ2v) is 6.88. The van der Waals surface area contributed by atoms with Crippen molar-refractivity contribution >= 4 is 29.1 Å². The number of carbonyl (C=O) groups excluding carboxylic acids is 1. The zero-order valence-electron chi connectivity index (χ0n) is 15.2. The van der Waals surface area contributed by atoms with Gasteiger partial charge < -0.3 is 15.8 Å². The van der Waals surface area contributed by atoms with Crippen molar-refractivity contribution in [3.63, 3.8) is 0 Å². The first-order chi connectivity index (χ1) is 13.9. The molecule has 1 aliphatic rings. The van der Waals surface area contributed by atoms with Crippen LogP contribution in [0.25, 0.3) is 0 Å². The number of pyridine rings is 1. The molecule has 2 atom stereocenters. The van der Waals surface area contributed by atoms with Crippen LogP contribution in [0, 0.1) is 5.82 Å². The van der Waals surface area contributed by atoms with Crippen LogP contribution in [0.5, 0.6) is 0 Å². The number of hydrogen-bond acceptors (Lipinski definition) is 5. The van der Waals surface area contributed by atoms with Gasteiger partial charge in [0, 0.05) is 6.20 Å². The zero-order chi connectivity index (χ0) is 22.3. The molecule has 2 heterocycles. The van der Waals surface area contributed by atoms with E-state index in [-0.39, 0.29) is 18.1 Å². The first kappa shape index (κ1) is 21.9. The lowest BCUT2D eigenvalue weighted by molar-refractivity contribution is -0.137. The average molecular weight is 449 g/mol. The molecule has 0 saturated carbocycles. The molecule has 2 aromatic rings. The minimum atomic E-state index is -4.81. The first-order valence-electron chi connectivity index (χ1n) is 8.41. The number of benzene rings is 1. The van der Waals surface area contributed by atoms with Crippen LogP contribution in [0.15, 0.2) is 35.5 Å². The second-order valence-electron chi connectivity index (χ2n) is 6.50. The van der Waals surface area contributed by atoms with Gasteiger partial charge in [0.05, 0.1) is 27.9 Å². The number of rotatable bonds is 3. The van der Waals surface area contributed by atoms with E-state index < -0.39 is 51.7 Å². The van der Waals surface area contributed by atoms with Crippen LogP contribution in [0.3, 0.4) is 0 Å². The van der Waals surface area contributed by atoms with E-state index in [1.165, 1.54) is 12.1 Å². The van der Waals surface area contributed by atoms with E-state index in [4.69, 9.17) is 22.1 Å². The zero-order valence-corrected chi connectivity index (χ0v) is 16.0. The van der Waals surface area contributed by atoms with Gasteiger partial charge in [-0.05, 0) is 25.1 Å². The summed E-state index contributed by atoms with van der Waals surface area (Å²) in [5.74, 6) is -4.79. The number of anilines is 1. The summed E-state index contributed by atoms with van der Waals surface area (Å²) in [6, 6.07) is 3.23. The molecular formula is C18H14ClF5N4O2. The van der Waals surface area contributed by atoms with Crippen LogP contribution < -0.4 is 11.1 Å². The minimum absolute atomic E-state index is 0.258. The maximum atomic E-state index is 14.9. The largest absolute Gasteiger partial charge is 0.475 e. The molecule has 1 aromatic heterocycles. The van der Waals surface area contributed by atoms with Gasteiger partial charge in [0.25, 0.3) is 5.91 Å². The topological polar surface area (TPSA) is 89.6 Å². The lowest BCUT2D eigenvalue weighted by Crippen LogP contribution is -2.48. The van der Waals surface area contributed by atoms with Crippen LogP contribution in [0.4, 0.5) is 27.6 Å². The fraction of sp³-hybridized carbons (Fsp3) is 0.278. The highest BCUT2D eigenvalue weighted by molar-refractivity contribution is 6.34. The molecule has 0 unspecified atom stereocenters. The van der Waals surface area contributed by atoms with Gasteiger partial charge in [0.2, 0.25) is 11.7 Å². The molecule has 0 aliphatic carbocycles. The fourth-order valence-electron chi connectivity index (χ4n) is 2.57. The molecule has 12 heteroatoms. The number of halogens is 6. The molecule has 0 saturated heterocycles. The van der Waals surface area contributed by atoms with E-state index in [0.29, 0.717) is 6.07 Å². The Hall–Kier alpha value is -2.79. The molecule has 0 bridgehead atoms. The third-order valence-electron chi connectivity index (χ3n) is 4.28. The van der Waals surface area contributed by atoms with Gasteiger partial charge >= 0.3 is 6.18 Å². The number of carbonyl (C=O) groups is 1. The number of amides is 1. The standard InChI is InChI=1S/C18H14ClF5N4O2/c1-17(21)11(25)7-30-16(28-17)8-3-2-4-10(13(8)20)27-15(29)14-12(19)9(5-6-26-14)18(22,23)24/h2-6,11H,7,25H2,1H3,(H,27,29)/t11-,17-/m0/s1. The van der Waals surface area contributed by atoms with Crippen LogP contribution in [0.2, 0.25) is 5.02 Å². The Bertz CT molecular complexity index is 1030. The molecule has 6 nitrogen and oxygen atoms in total. The van der Waals surface area contributed by atoms with Gasteiger partial charge in [0.15, 0.2) is 5.82 Å². The second kappa shape index (κ2) is 7.80. The van der Waals surface area contributed by atoms with Crippen molar-refractivity contribution in [2.75, 3.05) is 11.9 Å². The Morgan fingerprint density at radius 3 is 2.70 bits per heavy atom. The molecule has 3 rings (SSSR count). The maximum absolute atomic E-state index is 14.9. The third kappa shape index (κ3) is 4.21. The molecule has 1 aromatic carbocycles. The predicted octanol–water partition coefficient (Wildman–Crippen LogP) is 3.94. The van der Waals surface area contributed by atoms with Gasteiger partial charge in [-0.3, -0.25) is 4.79 Å². The number of aromatic nitrogens is 1. The Balaban J connectivity index is 1.93. The molecule has 1 amide bonds. The van der Waals surface area contributed by atoms with E-state index in [9.17, 15) is 26.7 Å². The molecule has 160 valence electrons. The predicted molar refractivity (Wildman–Crippen MR) is 98.6 cm³/mol. The quantitative estimate of drug-likeness (QED) is 0.550. The van der Waals surface area contributed by atoms with Crippen molar-refractivity contribution in [3.8, 4) is 0 Å². The minimum Gasteiger partial charge on any atom is -0.475 e. The lowest BCUT2D eigenvalue weighted by atomic mass is 10.1. The Kier molecular flexibility index (Phi) is 5.70. The molecule has 0 fully saturated rings. The Morgan fingerprint density at radius 1 is 1.37 bits per heavy atom. The normalized spacial score (nSPS) is 21.6. The van der Waals surface area contributed by atoms with Crippen molar-refractivity contribution < 1.29 is 31.5 Å². The van der Waals surface area contributed by atoms with Crippen LogP contribution >= 0.6 is 11.6 Å². The summed E-state index contributed by atoms with van der Waals surface area (Å²) in [6.07, 6.45) is -4.05. The summed E-state index contributed by atoms with van der Waals surface area (Å²) < 4.78 is 73.3. The Labute approximate surface area is 171 Å². The molecule has 30 heavy (non-hydrogen) atoms. The van der Waals surface area contributed by atoms with Crippen molar-refractivity contribution in [3.05, 3.63) is 58.1 Å². The maximum Gasteiger partial charge on any atom is 0.417 e. The smallest absolute Gasteiger partial charge is 0.417 e. The molecule has 3 N–H and O–H groups in total. The van der Waals surface area contributed by atoms with E-state index in [1.807, 2.05) is 0 Å². The number of ether oxygens (including phenoxy) is 1. The van der Waals surface area contributed by atoms with Gasteiger partial charge in [-0.1, -0.05) is 17.7 Å². The van der Waals surface area contributed by atoms with Crippen molar-refractivity contribution in [2.24, 2.45) is 10.7 Å². The van der Waals surface area contributed by atoms with Crippen molar-refractivity contribution in [1.29, 1.82) is 0 Å². The van der Waals surface area contributed by atoms with E-state index in [0.717, 1.165) is 19.2 Å². The van der Waals surface area contributed by atoms with E-state index in [1.54, 1.807) is 0 Å². The van der Waals surface area contributed by atoms with E-state index >= 15 is 0 Å². The Morgan fingerprint density at radius 2 is 2.07 bits per heavy atom. The SMILES string of the molecule is C[C@]1(F)N=C(c2cccc(NC(=O)c3nccc(C(F)(F)F)c3Cl)c2F)OC[C@@H]1N. The molecule has 1 aliphatic heterocycles. The summed E-state index contributed by atoms with van der Waals surface area (Å²) in [6.45, 7) is 0.844. The number of nitrogens with one attached hydrogen (secondary N) is 1. The lowest BCUT2D eigenvalue weighted by Gasteiger charge is -2.29. The molecule has 0 radical (unpaired) electrons. The summed E-state index contributed by atoms with van der Waals surface area (Å²) >= 11 is 5.66. The molecule has 0 spiro atoms. The fourth-order valence-corrected chi connectivity index (χ4v) is 2.87. The summed E-state index contributed by atoms with van der Waals surface area (Å²) in [5.41, 5.74) is 2.85. The highest BCUT2D eigenvalue weighted by atomic mass is 35.5. The number of aliphatic imine (C=N–C) groups is 1. The molecular weight excluding hydrogens is 435 g/mol. The van der Waals surface area contributed by atoms with Gasteiger partial charge in [-0.15, -0.1) is 0 Å². The van der Waals surface area contributed by atoms with Gasteiger partial charge in [0.1, 0.15) is 12.3 Å². The first-order valence-corrected chi connectivity index (χ1v) is 8.78. The summed E-state index contributed by atoms with van der Waals surface area (Å²) in [7, 11) is 0.